The van der Waals surface area contributed by atoms with Gasteiger partial charge in [0.25, 0.3) is 0 Å². The number of ether oxygens (including phenoxy) is 1. The van der Waals surface area contributed by atoms with E-state index >= 15 is 0 Å². The molecule has 3 heteroatoms. The van der Waals surface area contributed by atoms with E-state index in [-0.39, 0.29) is 12.2 Å². The molecule has 2 aromatic rings. The summed E-state index contributed by atoms with van der Waals surface area (Å²) in [6.45, 7) is 0. The quantitative estimate of drug-likeness (QED) is 0.836. The van der Waals surface area contributed by atoms with Crippen LogP contribution in [0.5, 0.6) is 5.75 Å². The largest absolute Gasteiger partial charge is 0.497 e. The molecule has 0 aromatic heterocycles. The predicted molar refractivity (Wildman–Crippen MR) is 73.3 cm³/mol. The van der Waals surface area contributed by atoms with Gasteiger partial charge in [-0.3, -0.25) is 4.79 Å². The van der Waals surface area contributed by atoms with Crippen molar-refractivity contribution in [1.29, 1.82) is 0 Å². The third-order valence-electron chi connectivity index (χ3n) is 2.98. The van der Waals surface area contributed by atoms with Gasteiger partial charge in [0, 0.05) is 12.0 Å². The molecule has 19 heavy (non-hydrogen) atoms. The number of Topliss-reactive ketones (excluding diaryl/α,β-unsaturated/α-hetero) is 1. The maximum Gasteiger partial charge on any atom is 0.165 e. The smallest absolute Gasteiger partial charge is 0.165 e. The Morgan fingerprint density at radius 2 is 1.74 bits per heavy atom. The lowest BCUT2D eigenvalue weighted by Gasteiger charge is -2.11. The van der Waals surface area contributed by atoms with Crippen LogP contribution in [0.15, 0.2) is 54.6 Å². The molecule has 0 heterocycles. The van der Waals surface area contributed by atoms with E-state index in [2.05, 4.69) is 0 Å². The second kappa shape index (κ2) is 6.16. The highest BCUT2D eigenvalue weighted by Crippen LogP contribution is 2.21. The highest BCUT2D eigenvalue weighted by Gasteiger charge is 2.14. The Hall–Kier alpha value is -2.13. The van der Waals surface area contributed by atoms with Gasteiger partial charge in [0.05, 0.1) is 13.2 Å². The number of methoxy groups -OCH3 is 1. The standard InChI is InChI=1S/C16H16O3/c1-19-14-9-7-13(8-10-14)16(18)11-15(17)12-5-3-2-4-6-12/h2-10,16,18H,11H2,1H3/t16-/m1/s1. The Morgan fingerprint density at radius 3 is 2.32 bits per heavy atom. The number of benzene rings is 2. The Morgan fingerprint density at radius 1 is 1.11 bits per heavy atom. The van der Waals surface area contributed by atoms with E-state index < -0.39 is 6.10 Å². The number of aliphatic hydroxyl groups is 1. The number of aliphatic hydroxyl groups excluding tert-OH is 1. The summed E-state index contributed by atoms with van der Waals surface area (Å²) in [5, 5.41) is 10.1. The number of carbonyl (C=O) groups is 1. The molecule has 2 rings (SSSR count). The molecule has 0 saturated heterocycles. The van der Waals surface area contributed by atoms with E-state index in [0.717, 1.165) is 5.75 Å². The van der Waals surface area contributed by atoms with Crippen LogP contribution in [0.25, 0.3) is 0 Å². The lowest BCUT2D eigenvalue weighted by Crippen LogP contribution is -2.07. The first kappa shape index (κ1) is 13.3. The summed E-state index contributed by atoms with van der Waals surface area (Å²) < 4.78 is 5.05. The van der Waals surface area contributed by atoms with Crippen LogP contribution < -0.4 is 4.74 Å². The lowest BCUT2D eigenvalue weighted by molar-refractivity contribution is 0.0880. The summed E-state index contributed by atoms with van der Waals surface area (Å²) in [6.07, 6.45) is -0.713. The summed E-state index contributed by atoms with van der Waals surface area (Å²) in [6, 6.07) is 16.1. The van der Waals surface area contributed by atoms with Crippen LogP contribution in [0, 0.1) is 0 Å². The van der Waals surface area contributed by atoms with E-state index in [1.165, 1.54) is 0 Å². The van der Waals surface area contributed by atoms with Crippen LogP contribution in [-0.2, 0) is 0 Å². The van der Waals surface area contributed by atoms with E-state index in [0.29, 0.717) is 11.1 Å². The summed E-state index contributed by atoms with van der Waals surface area (Å²) in [7, 11) is 1.59. The van der Waals surface area contributed by atoms with Gasteiger partial charge in [0.1, 0.15) is 5.75 Å². The lowest BCUT2D eigenvalue weighted by atomic mass is 10.0. The fourth-order valence-corrected chi connectivity index (χ4v) is 1.86. The van der Waals surface area contributed by atoms with E-state index in [1.807, 2.05) is 18.2 Å². The summed E-state index contributed by atoms with van der Waals surface area (Å²) in [5.74, 6) is 0.661. The first-order valence-corrected chi connectivity index (χ1v) is 6.11. The summed E-state index contributed by atoms with van der Waals surface area (Å²) in [5.41, 5.74) is 1.33. The number of ketones is 1. The molecule has 2 aromatic carbocycles. The molecule has 0 radical (unpaired) electrons. The van der Waals surface area contributed by atoms with Gasteiger partial charge in [-0.2, -0.15) is 0 Å². The second-order valence-electron chi connectivity index (χ2n) is 4.28. The highest BCUT2D eigenvalue weighted by molar-refractivity contribution is 5.96. The number of carbonyl (C=O) groups excluding carboxylic acids is 1. The molecular formula is C16H16O3. The molecule has 0 aliphatic carbocycles. The Labute approximate surface area is 112 Å². The van der Waals surface area contributed by atoms with Crippen molar-refractivity contribution >= 4 is 5.78 Å². The predicted octanol–water partition coefficient (Wildman–Crippen LogP) is 3.00. The number of rotatable bonds is 5. The molecule has 0 unspecified atom stereocenters. The molecular weight excluding hydrogens is 240 g/mol. The van der Waals surface area contributed by atoms with Gasteiger partial charge in [-0.15, -0.1) is 0 Å². The maximum absolute atomic E-state index is 12.0. The molecule has 0 amide bonds. The highest BCUT2D eigenvalue weighted by atomic mass is 16.5. The zero-order valence-electron chi connectivity index (χ0n) is 10.7. The normalized spacial score (nSPS) is 11.9. The average Bonchev–Trinajstić information content (AvgIpc) is 2.48. The number of hydrogen-bond donors (Lipinski definition) is 1. The molecule has 0 saturated carbocycles. The van der Waals surface area contributed by atoms with Crippen molar-refractivity contribution in [2.75, 3.05) is 7.11 Å². The monoisotopic (exact) mass is 256 g/mol. The molecule has 0 aliphatic heterocycles. The second-order valence-corrected chi connectivity index (χ2v) is 4.28. The third kappa shape index (κ3) is 3.42. The van der Waals surface area contributed by atoms with Crippen molar-refractivity contribution in [3.05, 3.63) is 65.7 Å². The Balaban J connectivity index is 2.04. The van der Waals surface area contributed by atoms with Crippen LogP contribution in [-0.4, -0.2) is 18.0 Å². The van der Waals surface area contributed by atoms with Crippen LogP contribution in [0.1, 0.15) is 28.4 Å². The minimum absolute atomic E-state index is 0.0658. The molecule has 0 fully saturated rings. The van der Waals surface area contributed by atoms with Gasteiger partial charge in [-0.05, 0) is 17.7 Å². The van der Waals surface area contributed by atoms with Crippen LogP contribution in [0.2, 0.25) is 0 Å². The third-order valence-corrected chi connectivity index (χ3v) is 2.98. The van der Waals surface area contributed by atoms with Crippen molar-refractivity contribution in [2.24, 2.45) is 0 Å². The van der Waals surface area contributed by atoms with Crippen LogP contribution >= 0.6 is 0 Å². The Kier molecular flexibility index (Phi) is 4.31. The zero-order valence-corrected chi connectivity index (χ0v) is 10.7. The van der Waals surface area contributed by atoms with Crippen LogP contribution in [0.3, 0.4) is 0 Å². The molecule has 0 bridgehead atoms. The first-order chi connectivity index (χ1) is 9.20. The van der Waals surface area contributed by atoms with Gasteiger partial charge in [0.15, 0.2) is 5.78 Å². The van der Waals surface area contributed by atoms with E-state index in [4.69, 9.17) is 4.74 Å². The van der Waals surface area contributed by atoms with Crippen molar-refractivity contribution in [1.82, 2.24) is 0 Å². The van der Waals surface area contributed by atoms with Crippen LogP contribution in [0.4, 0.5) is 0 Å². The molecule has 1 N–H and O–H groups in total. The van der Waals surface area contributed by atoms with Crippen molar-refractivity contribution < 1.29 is 14.6 Å². The van der Waals surface area contributed by atoms with Gasteiger partial charge >= 0.3 is 0 Å². The van der Waals surface area contributed by atoms with Gasteiger partial charge in [0.2, 0.25) is 0 Å². The topological polar surface area (TPSA) is 46.5 Å². The number of hydrogen-bond acceptors (Lipinski definition) is 3. The first-order valence-electron chi connectivity index (χ1n) is 6.11. The fraction of sp³-hybridized carbons (Fsp3) is 0.188. The fourth-order valence-electron chi connectivity index (χ4n) is 1.86. The van der Waals surface area contributed by atoms with Gasteiger partial charge in [-0.1, -0.05) is 42.5 Å². The molecule has 3 nitrogen and oxygen atoms in total. The Bertz CT molecular complexity index is 532. The average molecular weight is 256 g/mol. The van der Waals surface area contributed by atoms with E-state index in [1.54, 1.807) is 43.5 Å². The zero-order chi connectivity index (χ0) is 13.7. The van der Waals surface area contributed by atoms with Crippen molar-refractivity contribution in [3.8, 4) is 5.75 Å². The minimum Gasteiger partial charge on any atom is -0.497 e. The van der Waals surface area contributed by atoms with Crippen molar-refractivity contribution in [2.45, 2.75) is 12.5 Å². The summed E-state index contributed by atoms with van der Waals surface area (Å²) >= 11 is 0. The van der Waals surface area contributed by atoms with Crippen molar-refractivity contribution in [3.63, 3.8) is 0 Å². The maximum atomic E-state index is 12.0. The SMILES string of the molecule is COc1ccc([C@H](O)CC(=O)c2ccccc2)cc1. The minimum atomic E-state index is -0.793. The molecule has 1 atom stereocenters. The summed E-state index contributed by atoms with van der Waals surface area (Å²) in [4.78, 5) is 12.0. The van der Waals surface area contributed by atoms with E-state index in [9.17, 15) is 9.90 Å². The molecule has 0 aliphatic rings. The van der Waals surface area contributed by atoms with Gasteiger partial charge < -0.3 is 9.84 Å². The van der Waals surface area contributed by atoms with Gasteiger partial charge in [-0.25, -0.2) is 0 Å². The molecule has 0 spiro atoms. The molecule has 98 valence electrons.